The van der Waals surface area contributed by atoms with Crippen molar-refractivity contribution < 1.29 is 9.18 Å². The van der Waals surface area contributed by atoms with E-state index in [1.807, 2.05) is 6.07 Å². The normalized spacial score (nSPS) is 15.0. The van der Waals surface area contributed by atoms with Crippen LogP contribution in [0.4, 0.5) is 15.8 Å². The van der Waals surface area contributed by atoms with Gasteiger partial charge in [0.2, 0.25) is 0 Å². The number of carbonyl (C=O) groups is 1. The largest absolute Gasteiger partial charge is 0.370 e. The quantitative estimate of drug-likeness (QED) is 0.486. The fraction of sp³-hybridized carbons (Fsp3) is 0.391. The lowest BCUT2D eigenvalue weighted by molar-refractivity contribution is 0.102. The fourth-order valence-electron chi connectivity index (χ4n) is 4.58. The van der Waals surface area contributed by atoms with Crippen molar-refractivity contribution in [1.29, 1.82) is 0 Å². The van der Waals surface area contributed by atoms with Crippen molar-refractivity contribution in [2.24, 2.45) is 7.05 Å². The van der Waals surface area contributed by atoms with E-state index < -0.39 is 5.82 Å². The number of rotatable bonds is 5. The van der Waals surface area contributed by atoms with Crippen LogP contribution in [0.15, 0.2) is 30.6 Å². The average Bonchev–Trinajstić information content (AvgIpc) is 3.35. The molecule has 0 bridgehead atoms. The van der Waals surface area contributed by atoms with Crippen LogP contribution in [-0.4, -0.2) is 56.0 Å². The van der Waals surface area contributed by atoms with E-state index in [1.165, 1.54) is 10.9 Å². The van der Waals surface area contributed by atoms with Gasteiger partial charge in [-0.2, -0.15) is 15.0 Å². The van der Waals surface area contributed by atoms with E-state index in [9.17, 15) is 9.18 Å². The summed E-state index contributed by atoms with van der Waals surface area (Å²) in [7, 11) is 1.74. The van der Waals surface area contributed by atoms with Crippen LogP contribution in [0.1, 0.15) is 35.8 Å². The number of carbonyl (C=O) groups excluding carboxylic acids is 1. The molecule has 0 saturated carbocycles. The van der Waals surface area contributed by atoms with Crippen molar-refractivity contribution in [2.75, 3.05) is 29.9 Å². The highest BCUT2D eigenvalue weighted by atomic mass is 19.1. The number of piperidine rings is 1. The summed E-state index contributed by atoms with van der Waals surface area (Å²) in [6.45, 7) is 6.72. The molecule has 4 heterocycles. The summed E-state index contributed by atoms with van der Waals surface area (Å²) in [5, 5.41) is 15.3. The van der Waals surface area contributed by atoms with Crippen molar-refractivity contribution in [2.45, 2.75) is 32.7 Å². The molecule has 0 unspecified atom stereocenters. The fourth-order valence-corrected chi connectivity index (χ4v) is 4.58. The van der Waals surface area contributed by atoms with E-state index in [0.717, 1.165) is 38.2 Å². The van der Waals surface area contributed by atoms with E-state index in [4.69, 9.17) is 0 Å². The van der Waals surface area contributed by atoms with Gasteiger partial charge in [0.25, 0.3) is 5.91 Å². The number of hydrogen-bond donors (Lipinski definition) is 2. The first-order chi connectivity index (χ1) is 15.9. The molecule has 1 amide bonds. The number of benzene rings is 1. The average molecular weight is 451 g/mol. The van der Waals surface area contributed by atoms with Crippen LogP contribution in [0.3, 0.4) is 0 Å². The Morgan fingerprint density at radius 2 is 1.94 bits per heavy atom. The van der Waals surface area contributed by atoms with Gasteiger partial charge < -0.3 is 19.9 Å². The van der Waals surface area contributed by atoms with Crippen LogP contribution in [0.2, 0.25) is 0 Å². The molecule has 3 aromatic heterocycles. The summed E-state index contributed by atoms with van der Waals surface area (Å²) in [5.74, 6) is -0.865. The summed E-state index contributed by atoms with van der Waals surface area (Å²) in [4.78, 5) is 21.1. The topological polar surface area (TPSA) is 92.4 Å². The maximum Gasteiger partial charge on any atom is 0.258 e. The zero-order valence-corrected chi connectivity index (χ0v) is 19.0. The minimum Gasteiger partial charge on any atom is -0.370 e. The van der Waals surface area contributed by atoms with E-state index in [1.54, 1.807) is 36.8 Å². The standard InChI is InChI=1S/C23H27FN8O/c1-4-25-15-7-9-31(10-8-15)19-6-5-17(20-21(19)29-30(3)28-20)23(33)27-16-11-18(24)22-26-14(2)12-32(22)13-16/h5-6,11-13,15,25H,4,7-10H2,1-3H3,(H,27,33). The number of amides is 1. The van der Waals surface area contributed by atoms with Crippen LogP contribution < -0.4 is 15.5 Å². The Morgan fingerprint density at radius 1 is 1.18 bits per heavy atom. The van der Waals surface area contributed by atoms with E-state index in [0.29, 0.717) is 34.0 Å². The van der Waals surface area contributed by atoms with Gasteiger partial charge >= 0.3 is 0 Å². The second-order valence-corrected chi connectivity index (χ2v) is 8.48. The molecule has 1 aliphatic heterocycles. The molecule has 9 nitrogen and oxygen atoms in total. The monoisotopic (exact) mass is 450 g/mol. The number of fused-ring (bicyclic) bond motifs is 2. The van der Waals surface area contributed by atoms with Gasteiger partial charge in [0.05, 0.1) is 22.6 Å². The first-order valence-electron chi connectivity index (χ1n) is 11.2. The van der Waals surface area contributed by atoms with Gasteiger partial charge in [-0.1, -0.05) is 6.92 Å². The molecule has 172 valence electrons. The number of anilines is 2. The number of nitrogens with zero attached hydrogens (tertiary/aromatic N) is 6. The van der Waals surface area contributed by atoms with Crippen molar-refractivity contribution in [1.82, 2.24) is 29.7 Å². The molecule has 0 spiro atoms. The van der Waals surface area contributed by atoms with Crippen molar-refractivity contribution >= 4 is 34.0 Å². The van der Waals surface area contributed by atoms with Gasteiger partial charge in [-0.05, 0) is 38.4 Å². The maximum absolute atomic E-state index is 14.4. The second kappa shape index (κ2) is 8.43. The zero-order chi connectivity index (χ0) is 23.1. The SMILES string of the molecule is CCNC1CCN(c2ccc(C(=O)Nc3cc(F)c4nc(C)cn4c3)c3nn(C)nc23)CC1. The molecule has 1 saturated heterocycles. The molecule has 0 radical (unpaired) electrons. The van der Waals surface area contributed by atoms with Gasteiger partial charge in [-0.15, -0.1) is 0 Å². The molecule has 33 heavy (non-hydrogen) atoms. The van der Waals surface area contributed by atoms with Crippen LogP contribution in [-0.2, 0) is 7.05 Å². The summed E-state index contributed by atoms with van der Waals surface area (Å²) in [6, 6.07) is 5.51. The number of aryl methyl sites for hydroxylation is 2. The highest BCUT2D eigenvalue weighted by molar-refractivity contribution is 6.13. The first kappa shape index (κ1) is 21.3. The van der Waals surface area contributed by atoms with E-state index >= 15 is 0 Å². The Morgan fingerprint density at radius 3 is 2.70 bits per heavy atom. The van der Waals surface area contributed by atoms with E-state index in [2.05, 4.69) is 37.6 Å². The molecular formula is C23H27FN8O. The number of nitrogens with one attached hydrogen (secondary N) is 2. The van der Waals surface area contributed by atoms with Crippen molar-refractivity contribution in [3.63, 3.8) is 0 Å². The summed E-state index contributed by atoms with van der Waals surface area (Å²) in [6.07, 6.45) is 5.47. The maximum atomic E-state index is 14.4. The Labute approximate surface area is 190 Å². The van der Waals surface area contributed by atoms with Crippen LogP contribution in [0.5, 0.6) is 0 Å². The summed E-state index contributed by atoms with van der Waals surface area (Å²) < 4.78 is 16.0. The zero-order valence-electron chi connectivity index (χ0n) is 19.0. The number of pyridine rings is 1. The molecule has 0 aliphatic carbocycles. The van der Waals surface area contributed by atoms with Gasteiger partial charge in [0, 0.05) is 44.6 Å². The minimum absolute atomic E-state index is 0.226. The minimum atomic E-state index is -0.498. The third kappa shape index (κ3) is 4.02. The summed E-state index contributed by atoms with van der Waals surface area (Å²) in [5.41, 5.74) is 3.86. The van der Waals surface area contributed by atoms with Gasteiger partial charge in [-0.3, -0.25) is 4.79 Å². The summed E-state index contributed by atoms with van der Waals surface area (Å²) >= 11 is 0. The highest BCUT2D eigenvalue weighted by Gasteiger charge is 2.24. The Balaban J connectivity index is 1.43. The van der Waals surface area contributed by atoms with Gasteiger partial charge in [0.1, 0.15) is 11.0 Å². The first-order valence-corrected chi connectivity index (χ1v) is 11.2. The van der Waals surface area contributed by atoms with Crippen molar-refractivity contribution in [3.05, 3.63) is 47.7 Å². The number of halogens is 1. The predicted octanol–water partition coefficient (Wildman–Crippen LogP) is 2.89. The van der Waals surface area contributed by atoms with Crippen LogP contribution >= 0.6 is 0 Å². The van der Waals surface area contributed by atoms with Gasteiger partial charge in [-0.25, -0.2) is 9.37 Å². The van der Waals surface area contributed by atoms with Gasteiger partial charge in [0.15, 0.2) is 11.5 Å². The number of aromatic nitrogens is 5. The molecule has 4 aromatic rings. The molecule has 10 heteroatoms. The lowest BCUT2D eigenvalue weighted by Gasteiger charge is -2.34. The molecule has 1 aliphatic rings. The van der Waals surface area contributed by atoms with Crippen molar-refractivity contribution in [3.8, 4) is 0 Å². The Kier molecular flexibility index (Phi) is 5.45. The molecule has 1 fully saturated rings. The highest BCUT2D eigenvalue weighted by Crippen LogP contribution is 2.30. The Bertz CT molecular complexity index is 1340. The number of hydrogen-bond acceptors (Lipinski definition) is 6. The van der Waals surface area contributed by atoms with Crippen LogP contribution in [0.25, 0.3) is 16.7 Å². The Hall–Kier alpha value is -3.53. The lowest BCUT2D eigenvalue weighted by atomic mass is 10.0. The lowest BCUT2D eigenvalue weighted by Crippen LogP contribution is -2.42. The number of imidazole rings is 1. The molecule has 2 N–H and O–H groups in total. The molecule has 0 atom stereocenters. The molecule has 5 rings (SSSR count). The third-order valence-electron chi connectivity index (χ3n) is 6.08. The third-order valence-corrected chi connectivity index (χ3v) is 6.08. The van der Waals surface area contributed by atoms with Crippen LogP contribution in [0, 0.1) is 12.7 Å². The second-order valence-electron chi connectivity index (χ2n) is 8.48. The molecule has 1 aromatic carbocycles. The predicted molar refractivity (Wildman–Crippen MR) is 125 cm³/mol. The molecular weight excluding hydrogens is 423 g/mol. The smallest absolute Gasteiger partial charge is 0.258 e. The van der Waals surface area contributed by atoms with E-state index in [-0.39, 0.29) is 11.6 Å².